The molecule has 2 nitrogen and oxygen atoms in total. The van der Waals surface area contributed by atoms with Crippen LogP contribution in [0, 0.1) is 17.2 Å². The van der Waals surface area contributed by atoms with E-state index >= 15 is 0 Å². The van der Waals surface area contributed by atoms with Crippen molar-refractivity contribution in [2.24, 2.45) is 11.7 Å². The molecular weight excluding hydrogens is 148 g/mol. The van der Waals surface area contributed by atoms with Gasteiger partial charge >= 0.3 is 0 Å². The zero-order valence-corrected chi connectivity index (χ0v) is 7.63. The Bertz CT molecular complexity index is 160. The van der Waals surface area contributed by atoms with E-state index < -0.39 is 0 Å². The molecule has 0 spiro atoms. The molecule has 0 bridgehead atoms. The fraction of sp³-hybridized carbons (Fsp3) is 0.900. The fourth-order valence-electron chi connectivity index (χ4n) is 1.81. The molecule has 1 aliphatic carbocycles. The fourth-order valence-corrected chi connectivity index (χ4v) is 1.81. The molecule has 2 unspecified atom stereocenters. The first-order valence-electron chi connectivity index (χ1n) is 4.98. The van der Waals surface area contributed by atoms with E-state index in [9.17, 15) is 0 Å². The van der Waals surface area contributed by atoms with Crippen LogP contribution in [0.25, 0.3) is 0 Å². The standard InChI is InChI=1S/C10H18N2/c11-8-9-4-2-1-3-5-10(12)7-6-9/h9-10H,1-7,12H2. The van der Waals surface area contributed by atoms with Gasteiger partial charge in [0, 0.05) is 12.0 Å². The van der Waals surface area contributed by atoms with Crippen molar-refractivity contribution in [3.63, 3.8) is 0 Å². The van der Waals surface area contributed by atoms with Gasteiger partial charge in [0.1, 0.15) is 0 Å². The lowest BCUT2D eigenvalue weighted by atomic mass is 9.98. The van der Waals surface area contributed by atoms with Gasteiger partial charge in [-0.2, -0.15) is 5.26 Å². The zero-order valence-electron chi connectivity index (χ0n) is 7.63. The highest BCUT2D eigenvalue weighted by molar-refractivity contribution is 4.84. The summed E-state index contributed by atoms with van der Waals surface area (Å²) in [6, 6.07) is 2.71. The minimum Gasteiger partial charge on any atom is -0.328 e. The first kappa shape index (κ1) is 9.54. The Hall–Kier alpha value is -0.550. The maximum Gasteiger partial charge on any atom is 0.0655 e. The van der Waals surface area contributed by atoms with Crippen molar-refractivity contribution in [2.75, 3.05) is 0 Å². The Morgan fingerprint density at radius 3 is 2.50 bits per heavy atom. The second kappa shape index (κ2) is 5.16. The average Bonchev–Trinajstić information content (AvgIpc) is 2.17. The third-order valence-corrected chi connectivity index (χ3v) is 2.70. The van der Waals surface area contributed by atoms with Gasteiger partial charge in [0.2, 0.25) is 0 Å². The maximum absolute atomic E-state index is 8.80. The monoisotopic (exact) mass is 166 g/mol. The van der Waals surface area contributed by atoms with Crippen LogP contribution in [0.5, 0.6) is 0 Å². The molecule has 1 aliphatic rings. The summed E-state index contributed by atoms with van der Waals surface area (Å²) < 4.78 is 0. The Morgan fingerprint density at radius 1 is 1.00 bits per heavy atom. The Kier molecular flexibility index (Phi) is 4.10. The summed E-state index contributed by atoms with van der Waals surface area (Å²) in [7, 11) is 0. The van der Waals surface area contributed by atoms with Gasteiger partial charge in [0.15, 0.2) is 0 Å². The largest absolute Gasteiger partial charge is 0.328 e. The molecule has 2 atom stereocenters. The zero-order chi connectivity index (χ0) is 8.81. The molecule has 0 amide bonds. The van der Waals surface area contributed by atoms with E-state index in [1.54, 1.807) is 0 Å². The summed E-state index contributed by atoms with van der Waals surface area (Å²) in [5.74, 6) is 0.272. The summed E-state index contributed by atoms with van der Waals surface area (Å²) in [5, 5.41) is 8.80. The molecule has 68 valence electrons. The predicted octanol–water partition coefficient (Wildman–Crippen LogP) is 2.20. The van der Waals surface area contributed by atoms with Gasteiger partial charge in [-0.3, -0.25) is 0 Å². The number of hydrogen-bond donors (Lipinski definition) is 1. The third-order valence-electron chi connectivity index (χ3n) is 2.70. The van der Waals surface area contributed by atoms with Gasteiger partial charge < -0.3 is 5.73 Å². The lowest BCUT2D eigenvalue weighted by Gasteiger charge is -2.10. The van der Waals surface area contributed by atoms with Crippen molar-refractivity contribution >= 4 is 0 Å². The van der Waals surface area contributed by atoms with E-state index in [0.717, 1.165) is 25.7 Å². The van der Waals surface area contributed by atoms with Crippen molar-refractivity contribution in [1.29, 1.82) is 5.26 Å². The Balaban J connectivity index is 2.35. The van der Waals surface area contributed by atoms with Gasteiger partial charge in [0.25, 0.3) is 0 Å². The van der Waals surface area contributed by atoms with Crippen LogP contribution in [0.15, 0.2) is 0 Å². The van der Waals surface area contributed by atoms with Crippen LogP contribution in [0.2, 0.25) is 0 Å². The first-order chi connectivity index (χ1) is 5.83. The van der Waals surface area contributed by atoms with Crippen molar-refractivity contribution in [1.82, 2.24) is 0 Å². The SMILES string of the molecule is N#CC1CCCCCC(N)CC1. The predicted molar refractivity (Wildman–Crippen MR) is 49.4 cm³/mol. The molecule has 2 heteroatoms. The van der Waals surface area contributed by atoms with Crippen molar-refractivity contribution < 1.29 is 0 Å². The van der Waals surface area contributed by atoms with Crippen LogP contribution in [-0.4, -0.2) is 6.04 Å². The summed E-state index contributed by atoms with van der Waals surface area (Å²) in [6.07, 6.45) is 8.01. The van der Waals surface area contributed by atoms with E-state index in [2.05, 4.69) is 6.07 Å². The van der Waals surface area contributed by atoms with E-state index in [1.165, 1.54) is 19.3 Å². The van der Waals surface area contributed by atoms with Gasteiger partial charge in [-0.15, -0.1) is 0 Å². The van der Waals surface area contributed by atoms with Gasteiger partial charge in [0.05, 0.1) is 6.07 Å². The molecular formula is C10H18N2. The minimum absolute atomic E-state index is 0.272. The molecule has 1 fully saturated rings. The van der Waals surface area contributed by atoms with E-state index in [0.29, 0.717) is 6.04 Å². The first-order valence-corrected chi connectivity index (χ1v) is 4.98. The van der Waals surface area contributed by atoms with Crippen LogP contribution < -0.4 is 5.73 Å². The summed E-state index contributed by atoms with van der Waals surface area (Å²) in [4.78, 5) is 0. The van der Waals surface area contributed by atoms with Crippen molar-refractivity contribution in [2.45, 2.75) is 51.0 Å². The Morgan fingerprint density at radius 2 is 1.75 bits per heavy atom. The highest BCUT2D eigenvalue weighted by atomic mass is 14.6. The van der Waals surface area contributed by atoms with Crippen molar-refractivity contribution in [3.8, 4) is 6.07 Å². The molecule has 0 aromatic rings. The average molecular weight is 166 g/mol. The number of nitriles is 1. The van der Waals surface area contributed by atoms with Crippen LogP contribution in [0.1, 0.15) is 44.9 Å². The van der Waals surface area contributed by atoms with Crippen LogP contribution >= 0.6 is 0 Å². The summed E-state index contributed by atoms with van der Waals surface area (Å²) >= 11 is 0. The molecule has 1 rings (SSSR count). The third kappa shape index (κ3) is 3.23. The molecule has 0 aromatic heterocycles. The molecule has 0 radical (unpaired) electrons. The lowest BCUT2D eigenvalue weighted by Crippen LogP contribution is -2.19. The van der Waals surface area contributed by atoms with E-state index in [1.807, 2.05) is 0 Å². The van der Waals surface area contributed by atoms with Crippen LogP contribution in [0.3, 0.4) is 0 Å². The molecule has 0 aliphatic heterocycles. The number of rotatable bonds is 0. The minimum atomic E-state index is 0.272. The molecule has 2 N–H and O–H groups in total. The van der Waals surface area contributed by atoms with Crippen molar-refractivity contribution in [3.05, 3.63) is 0 Å². The molecule has 0 aromatic carbocycles. The Labute approximate surface area is 74.8 Å². The maximum atomic E-state index is 8.80. The molecule has 12 heavy (non-hydrogen) atoms. The second-order valence-electron chi connectivity index (χ2n) is 3.80. The van der Waals surface area contributed by atoms with Gasteiger partial charge in [-0.1, -0.05) is 19.3 Å². The molecule has 1 saturated carbocycles. The molecule has 0 heterocycles. The number of nitrogens with zero attached hydrogens (tertiary/aromatic N) is 1. The smallest absolute Gasteiger partial charge is 0.0655 e. The summed E-state index contributed by atoms with van der Waals surface area (Å²) in [5.41, 5.74) is 5.88. The van der Waals surface area contributed by atoms with E-state index in [4.69, 9.17) is 11.0 Å². The number of nitrogens with two attached hydrogens (primary N) is 1. The summed E-state index contributed by atoms with van der Waals surface area (Å²) in [6.45, 7) is 0. The van der Waals surface area contributed by atoms with Gasteiger partial charge in [-0.05, 0) is 25.7 Å². The topological polar surface area (TPSA) is 49.8 Å². The van der Waals surface area contributed by atoms with Crippen LogP contribution in [-0.2, 0) is 0 Å². The molecule has 0 saturated heterocycles. The van der Waals surface area contributed by atoms with Gasteiger partial charge in [-0.25, -0.2) is 0 Å². The second-order valence-corrected chi connectivity index (χ2v) is 3.80. The number of hydrogen-bond acceptors (Lipinski definition) is 2. The highest BCUT2D eigenvalue weighted by Crippen LogP contribution is 2.20. The normalized spacial score (nSPS) is 32.7. The quantitative estimate of drug-likeness (QED) is 0.599. The van der Waals surface area contributed by atoms with Crippen LogP contribution in [0.4, 0.5) is 0 Å². The highest BCUT2D eigenvalue weighted by Gasteiger charge is 2.12. The van der Waals surface area contributed by atoms with E-state index in [-0.39, 0.29) is 5.92 Å². The lowest BCUT2D eigenvalue weighted by molar-refractivity contribution is 0.492.